The van der Waals surface area contributed by atoms with Crippen molar-refractivity contribution >= 4 is 23.3 Å². The average Bonchev–Trinajstić information content (AvgIpc) is 2.84. The fraction of sp³-hybridized carbons (Fsp3) is 0.423. The second kappa shape index (κ2) is 12.0. The first-order chi connectivity index (χ1) is 18.2. The molecular weight excluding hydrogens is 520 g/mol. The standard InChI is InChI=1S/C26H32F4N6O3/c1-15(2)18-11-19(22(38)12-21(18)37)23(31)36(24(32)25(39)33-14-26(28,29)30)17-5-4-16(20(27)10-17)13-35-8-6-34(3)7-9-35/h4-5,10-12,15,31-32,37-38H,6-9,13-14H2,1-3H3,(H,33,39). The maximum absolute atomic E-state index is 15.2. The van der Waals surface area contributed by atoms with Gasteiger partial charge in [-0.1, -0.05) is 19.9 Å². The molecule has 1 saturated heterocycles. The monoisotopic (exact) mass is 552 g/mol. The Bertz CT molecular complexity index is 1240. The van der Waals surface area contributed by atoms with Gasteiger partial charge in [0.1, 0.15) is 29.7 Å². The molecule has 212 valence electrons. The Morgan fingerprint density at radius 3 is 2.28 bits per heavy atom. The van der Waals surface area contributed by atoms with Crippen LogP contribution in [0, 0.1) is 16.6 Å². The van der Waals surface area contributed by atoms with Crippen LogP contribution in [0.5, 0.6) is 11.5 Å². The minimum atomic E-state index is -4.74. The molecule has 0 spiro atoms. The molecule has 0 bridgehead atoms. The fourth-order valence-electron chi connectivity index (χ4n) is 4.15. The molecule has 0 aliphatic carbocycles. The van der Waals surface area contributed by atoms with E-state index in [0.717, 1.165) is 38.3 Å². The molecule has 0 aromatic heterocycles. The van der Waals surface area contributed by atoms with Crippen LogP contribution in [-0.2, 0) is 11.3 Å². The molecule has 9 nitrogen and oxygen atoms in total. The number of nitrogens with zero attached hydrogens (tertiary/aromatic N) is 3. The number of likely N-dealkylation sites (N-methyl/N-ethyl adjacent to an activating group) is 1. The van der Waals surface area contributed by atoms with Crippen molar-refractivity contribution < 1.29 is 32.6 Å². The second-order valence-corrected chi connectivity index (χ2v) is 9.77. The van der Waals surface area contributed by atoms with Crippen LogP contribution < -0.4 is 10.2 Å². The number of carbonyl (C=O) groups excluding carboxylic acids is 1. The second-order valence-electron chi connectivity index (χ2n) is 9.77. The first-order valence-corrected chi connectivity index (χ1v) is 12.3. The molecule has 1 amide bonds. The smallest absolute Gasteiger partial charge is 0.405 e. The number of hydrogen-bond donors (Lipinski definition) is 5. The number of piperazine rings is 1. The lowest BCUT2D eigenvalue weighted by atomic mass is 9.98. The van der Waals surface area contributed by atoms with E-state index in [1.807, 2.05) is 7.05 Å². The number of halogens is 4. The van der Waals surface area contributed by atoms with Crippen molar-refractivity contribution in [3.63, 3.8) is 0 Å². The van der Waals surface area contributed by atoms with Crippen LogP contribution in [-0.4, -0.2) is 83.5 Å². The average molecular weight is 553 g/mol. The third-order valence-electron chi connectivity index (χ3n) is 6.42. The normalized spacial score (nSPS) is 14.9. The maximum Gasteiger partial charge on any atom is 0.405 e. The van der Waals surface area contributed by atoms with Crippen molar-refractivity contribution in [1.82, 2.24) is 15.1 Å². The third-order valence-corrected chi connectivity index (χ3v) is 6.42. The van der Waals surface area contributed by atoms with E-state index < -0.39 is 41.9 Å². The summed E-state index contributed by atoms with van der Waals surface area (Å²) in [7, 11) is 1.99. The number of benzene rings is 2. The summed E-state index contributed by atoms with van der Waals surface area (Å²) in [5, 5.41) is 39.2. The highest BCUT2D eigenvalue weighted by Gasteiger charge is 2.32. The number of alkyl halides is 3. The minimum absolute atomic E-state index is 0.176. The summed E-state index contributed by atoms with van der Waals surface area (Å²) in [6.07, 6.45) is -4.74. The summed E-state index contributed by atoms with van der Waals surface area (Å²) in [5.41, 5.74) is 0.281. The summed E-state index contributed by atoms with van der Waals surface area (Å²) in [6.45, 7) is 5.20. The van der Waals surface area contributed by atoms with E-state index in [1.54, 1.807) is 19.2 Å². The first-order valence-electron chi connectivity index (χ1n) is 12.3. The summed E-state index contributed by atoms with van der Waals surface area (Å²) >= 11 is 0. The topological polar surface area (TPSA) is 127 Å². The number of nitrogens with one attached hydrogen (secondary N) is 3. The van der Waals surface area contributed by atoms with Gasteiger partial charge >= 0.3 is 6.18 Å². The van der Waals surface area contributed by atoms with Gasteiger partial charge in [-0.15, -0.1) is 0 Å². The predicted octanol–water partition coefficient (Wildman–Crippen LogP) is 3.60. The molecule has 1 fully saturated rings. The van der Waals surface area contributed by atoms with Crippen LogP contribution in [0.3, 0.4) is 0 Å². The number of hydrogen-bond acceptors (Lipinski definition) is 7. The lowest BCUT2D eigenvalue weighted by molar-refractivity contribution is -0.134. The van der Waals surface area contributed by atoms with Crippen molar-refractivity contribution in [2.24, 2.45) is 0 Å². The Morgan fingerprint density at radius 2 is 1.72 bits per heavy atom. The summed E-state index contributed by atoms with van der Waals surface area (Å²) in [5.74, 6) is -4.97. The number of amidine groups is 2. The molecule has 0 atom stereocenters. The predicted molar refractivity (Wildman–Crippen MR) is 139 cm³/mol. The van der Waals surface area contributed by atoms with Gasteiger partial charge in [-0.2, -0.15) is 13.2 Å². The van der Waals surface area contributed by atoms with Crippen molar-refractivity contribution in [2.75, 3.05) is 44.7 Å². The van der Waals surface area contributed by atoms with Gasteiger partial charge in [0.25, 0.3) is 5.91 Å². The van der Waals surface area contributed by atoms with Crippen LogP contribution in [0.15, 0.2) is 30.3 Å². The Labute approximate surface area is 223 Å². The number of aromatic hydroxyl groups is 2. The first kappa shape index (κ1) is 29.8. The van der Waals surface area contributed by atoms with Gasteiger partial charge in [-0.3, -0.25) is 25.4 Å². The zero-order valence-corrected chi connectivity index (χ0v) is 21.9. The number of amides is 1. The van der Waals surface area contributed by atoms with E-state index in [9.17, 15) is 28.2 Å². The zero-order valence-electron chi connectivity index (χ0n) is 21.9. The molecular formula is C26H32F4N6O3. The molecule has 5 N–H and O–H groups in total. The quantitative estimate of drug-likeness (QED) is 0.212. The number of rotatable bonds is 6. The van der Waals surface area contributed by atoms with Crippen LogP contribution >= 0.6 is 0 Å². The fourth-order valence-corrected chi connectivity index (χ4v) is 4.15. The van der Waals surface area contributed by atoms with Gasteiger partial charge in [-0.25, -0.2) is 4.39 Å². The van der Waals surface area contributed by atoms with Crippen LogP contribution in [0.2, 0.25) is 0 Å². The summed E-state index contributed by atoms with van der Waals surface area (Å²) in [6, 6.07) is 6.05. The Morgan fingerprint density at radius 1 is 1.08 bits per heavy atom. The van der Waals surface area contributed by atoms with Crippen LogP contribution in [0.25, 0.3) is 0 Å². The molecule has 2 aromatic rings. The number of carbonyl (C=O) groups is 1. The molecule has 0 unspecified atom stereocenters. The summed E-state index contributed by atoms with van der Waals surface area (Å²) in [4.78, 5) is 17.4. The molecule has 0 radical (unpaired) electrons. The SMILES string of the molecule is CC(C)c1cc(C(=N)N(C(=N)C(=O)NCC(F)(F)F)c2ccc(CN3CCN(C)CC3)c(F)c2)c(O)cc1O. The highest BCUT2D eigenvalue weighted by atomic mass is 19.4. The number of phenolic OH excluding ortho intramolecular Hbond substituents is 2. The molecule has 13 heteroatoms. The van der Waals surface area contributed by atoms with Gasteiger partial charge in [0.05, 0.1) is 11.3 Å². The largest absolute Gasteiger partial charge is 0.508 e. The zero-order chi connectivity index (χ0) is 29.1. The maximum atomic E-state index is 15.2. The molecule has 3 rings (SSSR count). The van der Waals surface area contributed by atoms with E-state index in [4.69, 9.17) is 10.8 Å². The Hall–Kier alpha value is -3.71. The highest BCUT2D eigenvalue weighted by molar-refractivity contribution is 6.48. The lowest BCUT2D eigenvalue weighted by Crippen LogP contribution is -2.48. The third kappa shape index (κ3) is 7.45. The van der Waals surface area contributed by atoms with Crippen molar-refractivity contribution in [1.29, 1.82) is 10.8 Å². The Balaban J connectivity index is 1.99. The molecule has 1 aliphatic heterocycles. The van der Waals surface area contributed by atoms with Gasteiger partial charge in [-0.05, 0) is 36.7 Å². The highest BCUT2D eigenvalue weighted by Crippen LogP contribution is 2.34. The van der Waals surface area contributed by atoms with E-state index in [-0.39, 0.29) is 22.9 Å². The summed E-state index contributed by atoms with van der Waals surface area (Å²) < 4.78 is 53.3. The molecule has 0 saturated carbocycles. The van der Waals surface area contributed by atoms with Gasteiger partial charge in [0.15, 0.2) is 5.84 Å². The Kier molecular flexibility index (Phi) is 9.18. The minimum Gasteiger partial charge on any atom is -0.508 e. The number of anilines is 1. The van der Waals surface area contributed by atoms with Crippen molar-refractivity contribution in [3.8, 4) is 11.5 Å². The van der Waals surface area contributed by atoms with Crippen LogP contribution in [0.1, 0.15) is 36.5 Å². The lowest BCUT2D eigenvalue weighted by Gasteiger charge is -2.32. The van der Waals surface area contributed by atoms with E-state index in [0.29, 0.717) is 22.6 Å². The van der Waals surface area contributed by atoms with Crippen molar-refractivity contribution in [3.05, 3.63) is 52.8 Å². The van der Waals surface area contributed by atoms with Gasteiger partial charge in [0.2, 0.25) is 0 Å². The van der Waals surface area contributed by atoms with Crippen LogP contribution in [0.4, 0.5) is 23.2 Å². The molecule has 1 heterocycles. The van der Waals surface area contributed by atoms with E-state index in [1.165, 1.54) is 18.2 Å². The van der Waals surface area contributed by atoms with Gasteiger partial charge in [0, 0.05) is 44.4 Å². The number of phenols is 2. The van der Waals surface area contributed by atoms with E-state index >= 15 is 4.39 Å². The molecule has 39 heavy (non-hydrogen) atoms. The van der Waals surface area contributed by atoms with Gasteiger partial charge < -0.3 is 20.4 Å². The molecule has 1 aliphatic rings. The molecule has 2 aromatic carbocycles. The van der Waals surface area contributed by atoms with Crippen molar-refractivity contribution in [2.45, 2.75) is 32.5 Å². The van der Waals surface area contributed by atoms with E-state index in [2.05, 4.69) is 9.80 Å².